The molecule has 25 heavy (non-hydrogen) atoms. The molecule has 4 rings (SSSR count). The first-order chi connectivity index (χ1) is 12.1. The molecule has 6 nitrogen and oxygen atoms in total. The number of carbonyl (C=O) groups is 1. The molecule has 0 aromatic carbocycles. The molecule has 0 bridgehead atoms. The second-order valence-electron chi connectivity index (χ2n) is 7.48. The van der Waals surface area contributed by atoms with Crippen LogP contribution in [0.4, 0.5) is 0 Å². The van der Waals surface area contributed by atoms with E-state index >= 15 is 0 Å². The molecular weight excluding hydrogens is 320 g/mol. The van der Waals surface area contributed by atoms with Crippen molar-refractivity contribution in [2.24, 2.45) is 5.92 Å². The summed E-state index contributed by atoms with van der Waals surface area (Å²) in [6, 6.07) is 5.99. The van der Waals surface area contributed by atoms with Crippen LogP contribution in [0.5, 0.6) is 0 Å². The summed E-state index contributed by atoms with van der Waals surface area (Å²) in [7, 11) is 0. The molecule has 1 aromatic heterocycles. The number of pyridine rings is 1. The van der Waals surface area contributed by atoms with Gasteiger partial charge in [0, 0.05) is 25.3 Å². The SMILES string of the molecule is Cc1cccc(CO[C@@H]2CCOC3(C2)CN(C(=O)[C@H]2CCOC2)C3)n1. The van der Waals surface area contributed by atoms with Crippen LogP contribution in [0.1, 0.15) is 30.7 Å². The van der Waals surface area contributed by atoms with E-state index in [2.05, 4.69) is 4.98 Å². The Kier molecular flexibility index (Phi) is 4.75. The molecule has 3 saturated heterocycles. The van der Waals surface area contributed by atoms with Gasteiger partial charge in [-0.25, -0.2) is 0 Å². The fourth-order valence-electron chi connectivity index (χ4n) is 4.02. The fraction of sp³-hybridized carbons (Fsp3) is 0.684. The van der Waals surface area contributed by atoms with Crippen molar-refractivity contribution in [1.29, 1.82) is 0 Å². The minimum absolute atomic E-state index is 0.0420. The minimum atomic E-state index is -0.210. The molecule has 3 fully saturated rings. The Labute approximate surface area is 148 Å². The average molecular weight is 346 g/mol. The first kappa shape index (κ1) is 16.9. The molecule has 136 valence electrons. The topological polar surface area (TPSA) is 60.9 Å². The first-order valence-electron chi connectivity index (χ1n) is 9.18. The van der Waals surface area contributed by atoms with Gasteiger partial charge >= 0.3 is 0 Å². The number of ether oxygens (including phenoxy) is 3. The molecule has 3 aliphatic heterocycles. The molecule has 2 atom stereocenters. The summed E-state index contributed by atoms with van der Waals surface area (Å²) in [5, 5.41) is 0. The summed E-state index contributed by atoms with van der Waals surface area (Å²) in [5.74, 6) is 0.263. The van der Waals surface area contributed by atoms with E-state index < -0.39 is 0 Å². The van der Waals surface area contributed by atoms with Crippen LogP contribution in [0.25, 0.3) is 0 Å². The highest BCUT2D eigenvalue weighted by Gasteiger charge is 2.50. The number of hydrogen-bond donors (Lipinski definition) is 0. The normalized spacial score (nSPS) is 28.1. The summed E-state index contributed by atoms with van der Waals surface area (Å²) in [6.45, 7) is 5.86. The summed E-state index contributed by atoms with van der Waals surface area (Å²) in [5.41, 5.74) is 1.76. The van der Waals surface area contributed by atoms with Crippen molar-refractivity contribution in [2.45, 2.75) is 44.5 Å². The highest BCUT2D eigenvalue weighted by Crippen LogP contribution is 2.36. The lowest BCUT2D eigenvalue weighted by Gasteiger charge is -2.53. The quantitative estimate of drug-likeness (QED) is 0.830. The Hall–Kier alpha value is -1.50. The standard InChI is InChI=1S/C19H26N2O4/c1-14-3-2-4-16(20-14)11-24-17-6-8-25-19(9-17)12-21(13-19)18(22)15-5-7-23-10-15/h2-4,15,17H,5-13H2,1H3/t15-,17+/m0/s1. The van der Waals surface area contributed by atoms with Crippen LogP contribution in [0.15, 0.2) is 18.2 Å². The van der Waals surface area contributed by atoms with Crippen LogP contribution in [-0.2, 0) is 25.6 Å². The van der Waals surface area contributed by atoms with Gasteiger partial charge in [0.15, 0.2) is 0 Å². The fourth-order valence-corrected chi connectivity index (χ4v) is 4.02. The van der Waals surface area contributed by atoms with Crippen LogP contribution in [-0.4, -0.2) is 60.4 Å². The number of amides is 1. The molecule has 0 radical (unpaired) electrons. The van der Waals surface area contributed by atoms with E-state index in [0.29, 0.717) is 39.5 Å². The molecule has 1 spiro atoms. The third kappa shape index (κ3) is 3.71. The van der Waals surface area contributed by atoms with Crippen LogP contribution in [0, 0.1) is 12.8 Å². The number of nitrogens with zero attached hydrogens (tertiary/aromatic N) is 2. The van der Waals surface area contributed by atoms with Crippen LogP contribution in [0.3, 0.4) is 0 Å². The maximum Gasteiger partial charge on any atom is 0.228 e. The zero-order chi connectivity index (χ0) is 17.3. The molecule has 4 heterocycles. The lowest BCUT2D eigenvalue weighted by atomic mass is 9.84. The van der Waals surface area contributed by atoms with E-state index in [0.717, 1.165) is 30.7 Å². The van der Waals surface area contributed by atoms with Gasteiger partial charge in [0.2, 0.25) is 5.91 Å². The van der Waals surface area contributed by atoms with Crippen molar-refractivity contribution in [2.75, 3.05) is 32.9 Å². The predicted octanol–water partition coefficient (Wildman–Crippen LogP) is 1.70. The van der Waals surface area contributed by atoms with Gasteiger partial charge in [-0.15, -0.1) is 0 Å². The highest BCUT2D eigenvalue weighted by molar-refractivity contribution is 5.80. The van der Waals surface area contributed by atoms with Gasteiger partial charge in [0.05, 0.1) is 44.0 Å². The molecule has 3 aliphatic rings. The van der Waals surface area contributed by atoms with Crippen molar-refractivity contribution in [3.8, 4) is 0 Å². The summed E-state index contributed by atoms with van der Waals surface area (Å²) in [6.07, 6.45) is 2.77. The Balaban J connectivity index is 1.28. The molecule has 1 aromatic rings. The molecule has 0 unspecified atom stereocenters. The highest BCUT2D eigenvalue weighted by atomic mass is 16.5. The zero-order valence-electron chi connectivity index (χ0n) is 14.8. The van der Waals surface area contributed by atoms with E-state index in [-0.39, 0.29) is 23.5 Å². The van der Waals surface area contributed by atoms with Gasteiger partial charge in [0.25, 0.3) is 0 Å². The summed E-state index contributed by atoms with van der Waals surface area (Å²) >= 11 is 0. The average Bonchev–Trinajstić information content (AvgIpc) is 3.12. The van der Waals surface area contributed by atoms with Crippen molar-refractivity contribution in [1.82, 2.24) is 9.88 Å². The lowest BCUT2D eigenvalue weighted by Crippen LogP contribution is -2.68. The molecule has 0 N–H and O–H groups in total. The van der Waals surface area contributed by atoms with Crippen molar-refractivity contribution >= 4 is 5.91 Å². The molecule has 1 amide bonds. The number of aryl methyl sites for hydroxylation is 1. The lowest BCUT2D eigenvalue weighted by molar-refractivity contribution is -0.204. The number of hydrogen-bond acceptors (Lipinski definition) is 5. The second kappa shape index (κ2) is 7.02. The minimum Gasteiger partial charge on any atom is -0.381 e. The number of carbonyl (C=O) groups excluding carboxylic acids is 1. The van der Waals surface area contributed by atoms with Gasteiger partial charge in [-0.3, -0.25) is 9.78 Å². The number of aromatic nitrogens is 1. The van der Waals surface area contributed by atoms with Crippen molar-refractivity contribution in [3.63, 3.8) is 0 Å². The maximum atomic E-state index is 12.4. The number of rotatable bonds is 4. The Morgan fingerprint density at radius 2 is 2.24 bits per heavy atom. The van der Waals surface area contributed by atoms with Crippen LogP contribution in [0.2, 0.25) is 0 Å². The molecule has 6 heteroatoms. The van der Waals surface area contributed by atoms with E-state index in [1.54, 1.807) is 0 Å². The molecule has 0 aliphatic carbocycles. The third-order valence-electron chi connectivity index (χ3n) is 5.41. The third-order valence-corrected chi connectivity index (χ3v) is 5.41. The molecule has 0 saturated carbocycles. The summed E-state index contributed by atoms with van der Waals surface area (Å²) < 4.78 is 17.4. The van der Waals surface area contributed by atoms with Gasteiger partial charge in [-0.1, -0.05) is 6.07 Å². The van der Waals surface area contributed by atoms with Crippen LogP contribution < -0.4 is 0 Å². The van der Waals surface area contributed by atoms with E-state index in [1.165, 1.54) is 0 Å². The Morgan fingerprint density at radius 3 is 3.00 bits per heavy atom. The monoisotopic (exact) mass is 346 g/mol. The van der Waals surface area contributed by atoms with Crippen molar-refractivity contribution in [3.05, 3.63) is 29.6 Å². The smallest absolute Gasteiger partial charge is 0.228 e. The van der Waals surface area contributed by atoms with E-state index in [9.17, 15) is 4.79 Å². The Bertz CT molecular complexity index is 624. The van der Waals surface area contributed by atoms with Gasteiger partial charge in [-0.2, -0.15) is 0 Å². The largest absolute Gasteiger partial charge is 0.381 e. The van der Waals surface area contributed by atoms with E-state index in [4.69, 9.17) is 14.2 Å². The predicted molar refractivity (Wildman–Crippen MR) is 91.0 cm³/mol. The zero-order valence-corrected chi connectivity index (χ0v) is 14.8. The first-order valence-corrected chi connectivity index (χ1v) is 9.18. The van der Waals surface area contributed by atoms with Crippen LogP contribution >= 0.6 is 0 Å². The number of likely N-dealkylation sites (tertiary alicyclic amines) is 1. The summed E-state index contributed by atoms with van der Waals surface area (Å²) in [4.78, 5) is 18.8. The Morgan fingerprint density at radius 1 is 1.36 bits per heavy atom. The maximum absolute atomic E-state index is 12.4. The van der Waals surface area contributed by atoms with Crippen molar-refractivity contribution < 1.29 is 19.0 Å². The van der Waals surface area contributed by atoms with Gasteiger partial charge < -0.3 is 19.1 Å². The second-order valence-corrected chi connectivity index (χ2v) is 7.48. The van der Waals surface area contributed by atoms with Gasteiger partial charge in [0.1, 0.15) is 5.60 Å². The molecular formula is C19H26N2O4. The van der Waals surface area contributed by atoms with Gasteiger partial charge in [-0.05, 0) is 31.9 Å². The van der Waals surface area contributed by atoms with E-state index in [1.807, 2.05) is 30.0 Å².